The maximum absolute atomic E-state index is 12.6. The lowest BCUT2D eigenvalue weighted by atomic mass is 9.79. The SMILES string of the molecule is O=C(c1cnccc1C(F)(F)F)C1CCC1. The Morgan fingerprint density at radius 3 is 2.56 bits per heavy atom. The molecule has 1 aliphatic rings. The van der Waals surface area contributed by atoms with E-state index in [-0.39, 0.29) is 11.5 Å². The lowest BCUT2D eigenvalue weighted by molar-refractivity contribution is -0.138. The van der Waals surface area contributed by atoms with Gasteiger partial charge in [-0.1, -0.05) is 6.42 Å². The fraction of sp³-hybridized carbons (Fsp3) is 0.455. The fourth-order valence-electron chi connectivity index (χ4n) is 1.73. The molecule has 0 unspecified atom stereocenters. The van der Waals surface area contributed by atoms with Gasteiger partial charge in [0.1, 0.15) is 0 Å². The van der Waals surface area contributed by atoms with Crippen LogP contribution in [0.15, 0.2) is 18.5 Å². The molecule has 16 heavy (non-hydrogen) atoms. The molecular formula is C11H10F3NO. The summed E-state index contributed by atoms with van der Waals surface area (Å²) >= 11 is 0. The van der Waals surface area contributed by atoms with Crippen LogP contribution in [-0.2, 0) is 6.18 Å². The fourth-order valence-corrected chi connectivity index (χ4v) is 1.73. The molecule has 0 N–H and O–H groups in total. The number of hydrogen-bond donors (Lipinski definition) is 0. The Balaban J connectivity index is 2.36. The molecule has 0 spiro atoms. The van der Waals surface area contributed by atoms with Gasteiger partial charge in [0.25, 0.3) is 0 Å². The van der Waals surface area contributed by atoms with Crippen molar-refractivity contribution in [3.05, 3.63) is 29.6 Å². The first-order valence-electron chi connectivity index (χ1n) is 5.05. The molecule has 1 aliphatic carbocycles. The van der Waals surface area contributed by atoms with Crippen molar-refractivity contribution < 1.29 is 18.0 Å². The van der Waals surface area contributed by atoms with Crippen molar-refractivity contribution >= 4 is 5.78 Å². The van der Waals surface area contributed by atoms with Crippen molar-refractivity contribution in [2.45, 2.75) is 25.4 Å². The van der Waals surface area contributed by atoms with E-state index in [2.05, 4.69) is 4.98 Å². The lowest BCUT2D eigenvalue weighted by Crippen LogP contribution is -2.25. The highest BCUT2D eigenvalue weighted by molar-refractivity contribution is 5.99. The average Bonchev–Trinajstić information content (AvgIpc) is 2.13. The van der Waals surface area contributed by atoms with Crippen molar-refractivity contribution in [3.8, 4) is 0 Å². The largest absolute Gasteiger partial charge is 0.417 e. The summed E-state index contributed by atoms with van der Waals surface area (Å²) < 4.78 is 37.8. The van der Waals surface area contributed by atoms with Crippen LogP contribution in [0.2, 0.25) is 0 Å². The van der Waals surface area contributed by atoms with Crippen LogP contribution in [0.4, 0.5) is 13.2 Å². The number of Topliss-reactive ketones (excluding diaryl/α,β-unsaturated/α-hetero) is 1. The van der Waals surface area contributed by atoms with Crippen LogP contribution in [-0.4, -0.2) is 10.8 Å². The summed E-state index contributed by atoms with van der Waals surface area (Å²) in [5, 5.41) is 0. The number of alkyl halides is 3. The zero-order valence-corrected chi connectivity index (χ0v) is 8.42. The Hall–Kier alpha value is -1.39. The van der Waals surface area contributed by atoms with Gasteiger partial charge in [-0.05, 0) is 18.9 Å². The normalized spacial score (nSPS) is 16.9. The monoisotopic (exact) mass is 229 g/mol. The highest BCUT2D eigenvalue weighted by Crippen LogP contribution is 2.35. The van der Waals surface area contributed by atoms with Crippen molar-refractivity contribution in [1.29, 1.82) is 0 Å². The summed E-state index contributed by atoms with van der Waals surface area (Å²) in [6, 6.07) is 0.853. The molecule has 0 bridgehead atoms. The van der Waals surface area contributed by atoms with Gasteiger partial charge >= 0.3 is 6.18 Å². The van der Waals surface area contributed by atoms with Crippen LogP contribution in [0.1, 0.15) is 35.2 Å². The molecule has 2 nitrogen and oxygen atoms in total. The molecule has 0 radical (unpaired) electrons. The molecule has 5 heteroatoms. The van der Waals surface area contributed by atoms with E-state index in [0.717, 1.165) is 24.9 Å². The molecule has 1 saturated carbocycles. The molecule has 1 aromatic rings. The van der Waals surface area contributed by atoms with Gasteiger partial charge in [-0.15, -0.1) is 0 Å². The van der Waals surface area contributed by atoms with E-state index in [1.807, 2.05) is 0 Å². The molecule has 2 rings (SSSR count). The number of hydrogen-bond acceptors (Lipinski definition) is 2. The molecule has 0 aromatic carbocycles. The summed E-state index contributed by atoms with van der Waals surface area (Å²) in [7, 11) is 0. The zero-order chi connectivity index (χ0) is 11.8. The van der Waals surface area contributed by atoms with Gasteiger partial charge in [0, 0.05) is 23.9 Å². The standard InChI is InChI=1S/C11H10F3NO/c12-11(13,14)9-4-5-15-6-8(9)10(16)7-2-1-3-7/h4-7H,1-3H2. The van der Waals surface area contributed by atoms with Gasteiger partial charge in [-0.3, -0.25) is 9.78 Å². The van der Waals surface area contributed by atoms with E-state index in [1.165, 1.54) is 0 Å². The maximum atomic E-state index is 12.6. The minimum Gasteiger partial charge on any atom is -0.294 e. The minimum atomic E-state index is -4.49. The van der Waals surface area contributed by atoms with Gasteiger partial charge in [0.15, 0.2) is 5.78 Å². The van der Waals surface area contributed by atoms with Crippen LogP contribution in [0.3, 0.4) is 0 Å². The molecular weight excluding hydrogens is 219 g/mol. The van der Waals surface area contributed by atoms with Crippen LogP contribution in [0, 0.1) is 5.92 Å². The third-order valence-electron chi connectivity index (χ3n) is 2.87. The predicted octanol–water partition coefficient (Wildman–Crippen LogP) is 3.08. The maximum Gasteiger partial charge on any atom is 0.417 e. The summed E-state index contributed by atoms with van der Waals surface area (Å²) in [6.45, 7) is 0. The van der Waals surface area contributed by atoms with Gasteiger partial charge in [0.2, 0.25) is 0 Å². The van der Waals surface area contributed by atoms with Crippen molar-refractivity contribution in [1.82, 2.24) is 4.98 Å². The van der Waals surface area contributed by atoms with Crippen LogP contribution in [0.5, 0.6) is 0 Å². The molecule has 0 atom stereocenters. The topological polar surface area (TPSA) is 30.0 Å². The highest BCUT2D eigenvalue weighted by Gasteiger charge is 2.37. The summed E-state index contributed by atoms with van der Waals surface area (Å²) in [5.74, 6) is -0.669. The smallest absolute Gasteiger partial charge is 0.294 e. The van der Waals surface area contributed by atoms with E-state index in [1.54, 1.807) is 0 Å². The third kappa shape index (κ3) is 1.94. The lowest BCUT2D eigenvalue weighted by Gasteiger charge is -2.24. The van der Waals surface area contributed by atoms with Gasteiger partial charge in [0.05, 0.1) is 5.56 Å². The second-order valence-electron chi connectivity index (χ2n) is 3.91. The van der Waals surface area contributed by atoms with Crippen molar-refractivity contribution in [2.24, 2.45) is 5.92 Å². The predicted molar refractivity (Wildman–Crippen MR) is 50.9 cm³/mol. The van der Waals surface area contributed by atoms with Crippen molar-refractivity contribution in [3.63, 3.8) is 0 Å². The molecule has 0 amide bonds. The second kappa shape index (κ2) is 3.88. The number of aromatic nitrogens is 1. The third-order valence-corrected chi connectivity index (χ3v) is 2.87. The number of carbonyl (C=O) groups is 1. The number of halogens is 3. The van der Waals surface area contributed by atoms with Gasteiger partial charge < -0.3 is 0 Å². The molecule has 0 aliphatic heterocycles. The second-order valence-corrected chi connectivity index (χ2v) is 3.91. The Labute approximate surface area is 90.5 Å². The Kier molecular flexibility index (Phi) is 2.69. The van der Waals surface area contributed by atoms with Crippen LogP contribution >= 0.6 is 0 Å². The van der Waals surface area contributed by atoms with Gasteiger partial charge in [-0.25, -0.2) is 0 Å². The summed E-state index contributed by atoms with van der Waals surface area (Å²) in [4.78, 5) is 15.4. The molecule has 1 fully saturated rings. The van der Waals surface area contributed by atoms with Crippen LogP contribution < -0.4 is 0 Å². The molecule has 86 valence electrons. The first-order valence-corrected chi connectivity index (χ1v) is 5.05. The number of nitrogens with zero attached hydrogens (tertiary/aromatic N) is 1. The van der Waals surface area contributed by atoms with E-state index in [9.17, 15) is 18.0 Å². The van der Waals surface area contributed by atoms with Crippen molar-refractivity contribution in [2.75, 3.05) is 0 Å². The Morgan fingerprint density at radius 2 is 2.06 bits per heavy atom. The van der Waals surface area contributed by atoms with Gasteiger partial charge in [-0.2, -0.15) is 13.2 Å². The zero-order valence-electron chi connectivity index (χ0n) is 8.42. The van der Waals surface area contributed by atoms with E-state index in [4.69, 9.17) is 0 Å². The van der Waals surface area contributed by atoms with E-state index < -0.39 is 17.5 Å². The quantitative estimate of drug-likeness (QED) is 0.729. The molecule has 1 aromatic heterocycles. The summed E-state index contributed by atoms with van der Waals surface area (Å²) in [6.07, 6.45) is -0.129. The molecule has 0 saturated heterocycles. The number of ketones is 1. The number of rotatable bonds is 2. The Bertz CT molecular complexity index is 410. The minimum absolute atomic E-state index is 0.245. The van der Waals surface area contributed by atoms with Crippen LogP contribution in [0.25, 0.3) is 0 Å². The summed E-state index contributed by atoms with van der Waals surface area (Å²) in [5.41, 5.74) is -1.17. The van der Waals surface area contributed by atoms with E-state index >= 15 is 0 Å². The molecule has 1 heterocycles. The average molecular weight is 229 g/mol. The first-order chi connectivity index (χ1) is 7.50. The number of pyridine rings is 1. The number of carbonyl (C=O) groups excluding carboxylic acids is 1. The van der Waals surface area contributed by atoms with E-state index in [0.29, 0.717) is 12.8 Å². The first kappa shape index (κ1) is 11.1. The highest BCUT2D eigenvalue weighted by atomic mass is 19.4. The Morgan fingerprint density at radius 1 is 1.38 bits per heavy atom.